The number of aryl methyl sites for hydroxylation is 1. The number of benzene rings is 2. The van der Waals surface area contributed by atoms with Crippen molar-refractivity contribution in [1.82, 2.24) is 4.98 Å². The Labute approximate surface area is 169 Å². The molecule has 7 nitrogen and oxygen atoms in total. The van der Waals surface area contributed by atoms with E-state index in [1.165, 1.54) is 5.56 Å². The van der Waals surface area contributed by atoms with Crippen molar-refractivity contribution in [1.29, 1.82) is 0 Å². The summed E-state index contributed by atoms with van der Waals surface area (Å²) in [6.45, 7) is 7.67. The van der Waals surface area contributed by atoms with Crippen LogP contribution in [-0.2, 0) is 11.2 Å². The molecular formula is C22H25N3O4. The number of hydrogen-bond acceptors (Lipinski definition) is 6. The molecule has 1 aromatic heterocycles. The van der Waals surface area contributed by atoms with Gasteiger partial charge in [-0.3, -0.25) is 5.32 Å². The quantitative estimate of drug-likeness (QED) is 0.661. The fourth-order valence-corrected chi connectivity index (χ4v) is 2.90. The highest BCUT2D eigenvalue weighted by Crippen LogP contribution is 2.23. The van der Waals surface area contributed by atoms with Crippen molar-refractivity contribution in [2.75, 3.05) is 17.2 Å². The number of nitrogens with one attached hydrogen (secondary N) is 2. The number of nitrogens with zero attached hydrogens (tertiary/aromatic N) is 1. The topological polar surface area (TPSA) is 93.5 Å². The molecule has 0 radical (unpaired) electrons. The van der Waals surface area contributed by atoms with Crippen molar-refractivity contribution in [3.8, 4) is 0 Å². The Kier molecular flexibility index (Phi) is 5.87. The lowest BCUT2D eigenvalue weighted by molar-refractivity contribution is 0.0636. The molecule has 3 rings (SSSR count). The summed E-state index contributed by atoms with van der Waals surface area (Å²) in [5.74, 6) is 0. The van der Waals surface area contributed by atoms with Gasteiger partial charge < -0.3 is 14.5 Å². The van der Waals surface area contributed by atoms with E-state index in [0.29, 0.717) is 28.7 Å². The van der Waals surface area contributed by atoms with E-state index in [9.17, 15) is 9.59 Å². The molecule has 3 aromatic rings. The highest BCUT2D eigenvalue weighted by molar-refractivity contribution is 5.93. The highest BCUT2D eigenvalue weighted by Gasteiger charge is 2.18. The molecule has 2 aromatic carbocycles. The van der Waals surface area contributed by atoms with Crippen molar-refractivity contribution in [2.45, 2.75) is 39.7 Å². The first kappa shape index (κ1) is 20.4. The van der Waals surface area contributed by atoms with Gasteiger partial charge in [-0.15, -0.1) is 0 Å². The van der Waals surface area contributed by atoms with Crippen molar-refractivity contribution in [3.05, 3.63) is 64.0 Å². The standard InChI is InChI=1S/C22H25N3O4/c1-14-16(25-21(27)29-22(2,3)4)10-11-17-18(14)19(26)28-20(24-17)23-13-12-15-8-6-5-7-9-15/h5-11H,12-13H2,1-4H3,(H,23,24)(H,25,27). The molecule has 0 saturated carbocycles. The van der Waals surface area contributed by atoms with Gasteiger partial charge in [0.05, 0.1) is 10.9 Å². The van der Waals surface area contributed by atoms with E-state index < -0.39 is 17.3 Å². The normalized spacial score (nSPS) is 11.3. The van der Waals surface area contributed by atoms with E-state index >= 15 is 0 Å². The first-order chi connectivity index (χ1) is 13.7. The minimum absolute atomic E-state index is 0.172. The van der Waals surface area contributed by atoms with E-state index in [4.69, 9.17) is 9.15 Å². The van der Waals surface area contributed by atoms with Crippen molar-refractivity contribution in [2.24, 2.45) is 0 Å². The predicted molar refractivity (Wildman–Crippen MR) is 114 cm³/mol. The summed E-state index contributed by atoms with van der Waals surface area (Å²) in [7, 11) is 0. The molecule has 0 spiro atoms. The Hall–Kier alpha value is -3.35. The number of fused-ring (bicyclic) bond motifs is 1. The lowest BCUT2D eigenvalue weighted by atomic mass is 10.1. The van der Waals surface area contributed by atoms with Gasteiger partial charge in [0, 0.05) is 12.2 Å². The molecule has 1 heterocycles. The molecule has 152 valence electrons. The molecule has 0 atom stereocenters. The number of hydrogen-bond donors (Lipinski definition) is 2. The van der Waals surface area contributed by atoms with E-state index in [0.717, 1.165) is 6.42 Å². The summed E-state index contributed by atoms with van der Waals surface area (Å²) in [5, 5.41) is 6.04. The van der Waals surface area contributed by atoms with Crippen molar-refractivity contribution < 1.29 is 13.9 Å². The number of anilines is 2. The van der Waals surface area contributed by atoms with E-state index in [1.807, 2.05) is 30.3 Å². The number of carbonyl (C=O) groups excluding carboxylic acids is 1. The van der Waals surface area contributed by atoms with Crippen LogP contribution < -0.4 is 16.3 Å². The maximum atomic E-state index is 12.5. The summed E-state index contributed by atoms with van der Waals surface area (Å²) in [4.78, 5) is 28.9. The van der Waals surface area contributed by atoms with Crippen LogP contribution in [0, 0.1) is 6.92 Å². The van der Waals surface area contributed by atoms with Crippen LogP contribution in [0.3, 0.4) is 0 Å². The van der Waals surface area contributed by atoms with Gasteiger partial charge in [-0.1, -0.05) is 30.3 Å². The van der Waals surface area contributed by atoms with Crippen LogP contribution >= 0.6 is 0 Å². The zero-order chi connectivity index (χ0) is 21.0. The second kappa shape index (κ2) is 8.34. The molecule has 0 aliphatic heterocycles. The van der Waals surface area contributed by atoms with Crippen LogP contribution in [0.4, 0.5) is 16.5 Å². The second-order valence-corrected chi connectivity index (χ2v) is 7.73. The molecule has 0 saturated heterocycles. The van der Waals surface area contributed by atoms with Crippen molar-refractivity contribution in [3.63, 3.8) is 0 Å². The number of amides is 1. The monoisotopic (exact) mass is 395 g/mol. The molecule has 0 bridgehead atoms. The molecule has 0 unspecified atom stereocenters. The zero-order valence-electron chi connectivity index (χ0n) is 17.0. The van der Waals surface area contributed by atoms with Crippen molar-refractivity contribution >= 4 is 28.7 Å². The predicted octanol–water partition coefficient (Wildman–Crippen LogP) is 4.50. The third-order valence-corrected chi connectivity index (χ3v) is 4.23. The smallest absolute Gasteiger partial charge is 0.412 e. The van der Waals surface area contributed by atoms with Crippen LogP contribution in [0.25, 0.3) is 10.9 Å². The van der Waals surface area contributed by atoms with E-state index in [-0.39, 0.29) is 6.01 Å². The highest BCUT2D eigenvalue weighted by atomic mass is 16.6. The molecule has 0 aliphatic rings. The van der Waals surface area contributed by atoms with Gasteiger partial charge in [-0.25, -0.2) is 9.59 Å². The van der Waals surface area contributed by atoms with Crippen LogP contribution in [-0.4, -0.2) is 23.2 Å². The first-order valence-electron chi connectivity index (χ1n) is 9.45. The van der Waals surface area contributed by atoms with Gasteiger partial charge >= 0.3 is 11.7 Å². The van der Waals surface area contributed by atoms with Gasteiger partial charge in [-0.05, 0) is 57.4 Å². The summed E-state index contributed by atoms with van der Waals surface area (Å²) in [6.07, 6.45) is 0.193. The van der Waals surface area contributed by atoms with Crippen LogP contribution in [0.1, 0.15) is 31.9 Å². The van der Waals surface area contributed by atoms with Crippen LogP contribution in [0.15, 0.2) is 51.7 Å². The average molecular weight is 395 g/mol. The first-order valence-corrected chi connectivity index (χ1v) is 9.45. The number of ether oxygens (including phenoxy) is 1. The lowest BCUT2D eigenvalue weighted by Gasteiger charge is -2.20. The number of aromatic nitrogens is 1. The number of carbonyl (C=O) groups is 1. The van der Waals surface area contributed by atoms with Gasteiger partial charge in [0.25, 0.3) is 6.01 Å². The Bertz CT molecular complexity index is 1070. The Morgan fingerprint density at radius 3 is 2.55 bits per heavy atom. The second-order valence-electron chi connectivity index (χ2n) is 7.73. The number of rotatable bonds is 5. The summed E-state index contributed by atoms with van der Waals surface area (Å²) < 4.78 is 10.6. The fraction of sp³-hybridized carbons (Fsp3) is 0.318. The average Bonchev–Trinajstić information content (AvgIpc) is 2.63. The maximum Gasteiger partial charge on any atom is 0.412 e. The zero-order valence-corrected chi connectivity index (χ0v) is 17.0. The molecule has 29 heavy (non-hydrogen) atoms. The molecule has 0 fully saturated rings. The Balaban J connectivity index is 1.77. The van der Waals surface area contributed by atoms with Crippen LogP contribution in [0.5, 0.6) is 0 Å². The minimum Gasteiger partial charge on any atom is -0.444 e. The van der Waals surface area contributed by atoms with Gasteiger partial charge in [0.1, 0.15) is 5.60 Å². The third kappa shape index (κ3) is 5.34. The van der Waals surface area contributed by atoms with Gasteiger partial charge in [0.2, 0.25) is 0 Å². The summed E-state index contributed by atoms with van der Waals surface area (Å²) in [5.41, 5.74) is 1.60. The van der Waals surface area contributed by atoms with E-state index in [2.05, 4.69) is 15.6 Å². The summed E-state index contributed by atoms with van der Waals surface area (Å²) >= 11 is 0. The molecule has 1 amide bonds. The molecular weight excluding hydrogens is 370 g/mol. The lowest BCUT2D eigenvalue weighted by Crippen LogP contribution is -2.27. The fourth-order valence-electron chi connectivity index (χ4n) is 2.90. The molecule has 0 aliphatic carbocycles. The van der Waals surface area contributed by atoms with Gasteiger partial charge in [0.15, 0.2) is 0 Å². The van der Waals surface area contributed by atoms with E-state index in [1.54, 1.807) is 39.8 Å². The minimum atomic E-state index is -0.615. The van der Waals surface area contributed by atoms with Gasteiger partial charge in [-0.2, -0.15) is 4.98 Å². The SMILES string of the molecule is Cc1c(NC(=O)OC(C)(C)C)ccc2nc(NCCc3ccccc3)oc(=O)c12. The summed E-state index contributed by atoms with van der Waals surface area (Å²) in [6, 6.07) is 13.5. The Morgan fingerprint density at radius 1 is 1.14 bits per heavy atom. The maximum absolute atomic E-state index is 12.5. The molecule has 7 heteroatoms. The third-order valence-electron chi connectivity index (χ3n) is 4.23. The van der Waals surface area contributed by atoms with Crippen LogP contribution in [0.2, 0.25) is 0 Å². The largest absolute Gasteiger partial charge is 0.444 e. The Morgan fingerprint density at radius 2 is 1.86 bits per heavy atom. The molecule has 2 N–H and O–H groups in total.